The van der Waals surface area contributed by atoms with Crippen LogP contribution in [-0.4, -0.2) is 16.5 Å². The lowest BCUT2D eigenvalue weighted by atomic mass is 10.2. The molecule has 0 saturated carbocycles. The van der Waals surface area contributed by atoms with E-state index in [0.717, 1.165) is 6.07 Å². The summed E-state index contributed by atoms with van der Waals surface area (Å²) in [5.74, 6) is -2.88. The third kappa shape index (κ3) is 3.21. The molecule has 0 aliphatic carbocycles. The molecule has 1 rings (SSSR count). The molecule has 0 atom stereocenters. The highest BCUT2D eigenvalue weighted by Crippen LogP contribution is 2.26. The highest BCUT2D eigenvalue weighted by molar-refractivity contribution is 6.17. The Hall–Kier alpha value is -1.08. The first-order valence-corrected chi connectivity index (χ1v) is 4.51. The van der Waals surface area contributed by atoms with Crippen LogP contribution in [0.25, 0.3) is 0 Å². The lowest BCUT2D eigenvalue weighted by molar-refractivity contribution is -0.277. The van der Waals surface area contributed by atoms with Crippen molar-refractivity contribution in [1.82, 2.24) is 4.98 Å². The van der Waals surface area contributed by atoms with Gasteiger partial charge in [0.15, 0.2) is 5.82 Å². The number of aromatic nitrogens is 1. The van der Waals surface area contributed by atoms with Crippen molar-refractivity contribution in [2.45, 2.75) is 18.8 Å². The molecule has 0 aliphatic heterocycles. The number of aliphatic hydroxyl groups is 1. The number of nitrogens with zero attached hydrogens (tertiary/aromatic N) is 1. The maximum absolute atomic E-state index is 13.3. The summed E-state index contributed by atoms with van der Waals surface area (Å²) in [6.07, 6.45) is -5.05. The molecule has 16 heavy (non-hydrogen) atoms. The van der Waals surface area contributed by atoms with E-state index in [1.165, 1.54) is 0 Å². The molecule has 0 aromatic carbocycles. The topological polar surface area (TPSA) is 42.4 Å². The Labute approximate surface area is 92.6 Å². The number of rotatable bonds is 3. The average molecular weight is 260 g/mol. The van der Waals surface area contributed by atoms with Crippen LogP contribution in [0, 0.1) is 5.82 Å². The molecular formula is C8H6ClF4NO2. The quantitative estimate of drug-likeness (QED) is 0.669. The molecule has 3 nitrogen and oxygen atoms in total. The molecule has 1 N–H and O–H groups in total. The number of ether oxygens (including phenoxy) is 1. The number of halogens is 5. The molecule has 0 spiro atoms. The largest absolute Gasteiger partial charge is 0.574 e. The van der Waals surface area contributed by atoms with Crippen LogP contribution < -0.4 is 4.74 Å². The number of hydrogen-bond acceptors (Lipinski definition) is 3. The molecule has 1 aromatic heterocycles. The zero-order valence-corrected chi connectivity index (χ0v) is 8.44. The Morgan fingerprint density at radius 3 is 2.50 bits per heavy atom. The summed E-state index contributed by atoms with van der Waals surface area (Å²) in [4.78, 5) is 3.16. The normalized spacial score (nSPS) is 11.6. The molecule has 0 bridgehead atoms. The van der Waals surface area contributed by atoms with Crippen LogP contribution in [0.2, 0.25) is 0 Å². The van der Waals surface area contributed by atoms with Crippen molar-refractivity contribution in [2.75, 3.05) is 0 Å². The minimum atomic E-state index is -5.05. The molecular weight excluding hydrogens is 254 g/mol. The fourth-order valence-electron chi connectivity index (χ4n) is 0.969. The van der Waals surface area contributed by atoms with Crippen molar-refractivity contribution >= 4 is 11.6 Å². The van der Waals surface area contributed by atoms with Crippen molar-refractivity contribution in [3.63, 3.8) is 0 Å². The SMILES string of the molecule is OCc1cc(CCl)c(F)c(OC(F)(F)F)n1. The zero-order valence-electron chi connectivity index (χ0n) is 7.68. The standard InChI is InChI=1S/C8H6ClF4NO2/c9-2-4-1-5(3-15)14-7(6(4)10)16-8(11,12)13/h1,15H,2-3H2. The van der Waals surface area contributed by atoms with Gasteiger partial charge >= 0.3 is 6.36 Å². The first-order chi connectivity index (χ1) is 7.37. The van der Waals surface area contributed by atoms with Crippen LogP contribution in [0.15, 0.2) is 6.07 Å². The summed E-state index contributed by atoms with van der Waals surface area (Å²) < 4.78 is 52.2. The second kappa shape index (κ2) is 4.84. The van der Waals surface area contributed by atoms with Gasteiger partial charge in [-0.15, -0.1) is 24.8 Å². The maximum Gasteiger partial charge on any atom is 0.574 e. The number of hydrogen-bond donors (Lipinski definition) is 1. The first kappa shape index (κ1) is 13.0. The third-order valence-corrected chi connectivity index (χ3v) is 1.86. The number of aliphatic hydroxyl groups excluding tert-OH is 1. The summed E-state index contributed by atoms with van der Waals surface area (Å²) >= 11 is 5.32. The number of alkyl halides is 4. The fraction of sp³-hybridized carbons (Fsp3) is 0.375. The Morgan fingerprint density at radius 1 is 1.44 bits per heavy atom. The smallest absolute Gasteiger partial charge is 0.390 e. The van der Waals surface area contributed by atoms with Crippen molar-refractivity contribution in [1.29, 1.82) is 0 Å². The highest BCUT2D eigenvalue weighted by Gasteiger charge is 2.34. The molecule has 0 fully saturated rings. The minimum Gasteiger partial charge on any atom is -0.390 e. The third-order valence-electron chi connectivity index (χ3n) is 1.57. The maximum atomic E-state index is 13.3. The summed E-state index contributed by atoms with van der Waals surface area (Å²) in [5, 5.41) is 8.71. The predicted octanol–water partition coefficient (Wildman–Crippen LogP) is 2.35. The molecule has 0 unspecified atom stereocenters. The Bertz CT molecular complexity index is 383. The van der Waals surface area contributed by atoms with E-state index in [4.69, 9.17) is 16.7 Å². The van der Waals surface area contributed by atoms with Gasteiger partial charge < -0.3 is 9.84 Å². The van der Waals surface area contributed by atoms with Crippen LogP contribution >= 0.6 is 11.6 Å². The van der Waals surface area contributed by atoms with Gasteiger partial charge in [-0.2, -0.15) is 0 Å². The molecule has 1 heterocycles. The van der Waals surface area contributed by atoms with Crippen molar-refractivity contribution in [3.8, 4) is 5.88 Å². The van der Waals surface area contributed by atoms with E-state index in [1.807, 2.05) is 0 Å². The summed E-state index contributed by atoms with van der Waals surface area (Å²) in [6, 6.07) is 1.06. The van der Waals surface area contributed by atoms with Gasteiger partial charge in [-0.25, -0.2) is 9.37 Å². The summed E-state index contributed by atoms with van der Waals surface area (Å²) in [6.45, 7) is -0.640. The van der Waals surface area contributed by atoms with Gasteiger partial charge in [0, 0.05) is 5.56 Å². The van der Waals surface area contributed by atoms with E-state index in [9.17, 15) is 17.6 Å². The lowest BCUT2D eigenvalue weighted by Gasteiger charge is -2.11. The lowest BCUT2D eigenvalue weighted by Crippen LogP contribution is -2.19. The van der Waals surface area contributed by atoms with Crippen LogP contribution in [0.3, 0.4) is 0 Å². The van der Waals surface area contributed by atoms with Gasteiger partial charge in [0.25, 0.3) is 5.88 Å². The highest BCUT2D eigenvalue weighted by atomic mass is 35.5. The van der Waals surface area contributed by atoms with E-state index in [-0.39, 0.29) is 17.1 Å². The molecule has 8 heteroatoms. The van der Waals surface area contributed by atoms with Gasteiger partial charge in [-0.3, -0.25) is 0 Å². The van der Waals surface area contributed by atoms with E-state index in [0.29, 0.717) is 0 Å². The van der Waals surface area contributed by atoms with Gasteiger partial charge in [-0.05, 0) is 6.07 Å². The predicted molar refractivity (Wildman–Crippen MR) is 46.4 cm³/mol. The molecule has 90 valence electrons. The van der Waals surface area contributed by atoms with Crippen LogP contribution in [0.5, 0.6) is 5.88 Å². The molecule has 0 radical (unpaired) electrons. The number of pyridine rings is 1. The molecule has 1 aromatic rings. The second-order valence-electron chi connectivity index (χ2n) is 2.73. The Kier molecular flexibility index (Phi) is 3.93. The van der Waals surface area contributed by atoms with Gasteiger partial charge in [0.1, 0.15) is 0 Å². The van der Waals surface area contributed by atoms with Crippen LogP contribution in [0.4, 0.5) is 17.6 Å². The first-order valence-electron chi connectivity index (χ1n) is 3.98. The Balaban J connectivity index is 3.16. The van der Waals surface area contributed by atoms with Gasteiger partial charge in [0.2, 0.25) is 0 Å². The van der Waals surface area contributed by atoms with Gasteiger partial charge in [-0.1, -0.05) is 0 Å². The summed E-state index contributed by atoms with van der Waals surface area (Å²) in [5.41, 5.74) is -0.378. The van der Waals surface area contributed by atoms with E-state index >= 15 is 0 Å². The monoisotopic (exact) mass is 259 g/mol. The fourth-order valence-corrected chi connectivity index (χ4v) is 1.16. The molecule has 0 aliphatic rings. The second-order valence-corrected chi connectivity index (χ2v) is 3.00. The Morgan fingerprint density at radius 2 is 2.06 bits per heavy atom. The minimum absolute atomic E-state index is 0.156. The van der Waals surface area contributed by atoms with Crippen LogP contribution in [-0.2, 0) is 12.5 Å². The summed E-state index contributed by atoms with van der Waals surface area (Å²) in [7, 11) is 0. The van der Waals surface area contributed by atoms with E-state index in [2.05, 4.69) is 9.72 Å². The van der Waals surface area contributed by atoms with Crippen LogP contribution in [0.1, 0.15) is 11.3 Å². The zero-order chi connectivity index (χ0) is 12.3. The van der Waals surface area contributed by atoms with Crippen molar-refractivity contribution in [3.05, 3.63) is 23.1 Å². The van der Waals surface area contributed by atoms with Crippen molar-refractivity contribution in [2.24, 2.45) is 0 Å². The van der Waals surface area contributed by atoms with Gasteiger partial charge in [0.05, 0.1) is 18.2 Å². The molecule has 0 saturated heterocycles. The van der Waals surface area contributed by atoms with E-state index in [1.54, 1.807) is 0 Å². The van der Waals surface area contributed by atoms with Crippen molar-refractivity contribution < 1.29 is 27.4 Å². The average Bonchev–Trinajstić information content (AvgIpc) is 2.19. The molecule has 0 amide bonds. The van der Waals surface area contributed by atoms with E-state index < -0.39 is 24.7 Å².